The number of aromatic nitrogens is 3. The van der Waals surface area contributed by atoms with Crippen molar-refractivity contribution < 1.29 is 9.53 Å². The van der Waals surface area contributed by atoms with Crippen molar-refractivity contribution in [1.29, 1.82) is 0 Å². The average Bonchev–Trinajstić information content (AvgIpc) is 2.88. The summed E-state index contributed by atoms with van der Waals surface area (Å²) in [6.45, 7) is 1.99. The van der Waals surface area contributed by atoms with Crippen LogP contribution in [0.2, 0.25) is 0 Å². The fourth-order valence-corrected chi connectivity index (χ4v) is 2.03. The van der Waals surface area contributed by atoms with Gasteiger partial charge in [0.15, 0.2) is 0 Å². The SMILES string of the molecule is COc1n[nH]c(NC(=O)C2(C)CCCC2)n1. The van der Waals surface area contributed by atoms with Crippen molar-refractivity contribution in [2.45, 2.75) is 32.6 Å². The summed E-state index contributed by atoms with van der Waals surface area (Å²) < 4.78 is 4.82. The second kappa shape index (κ2) is 4.11. The zero-order chi connectivity index (χ0) is 11.6. The smallest absolute Gasteiger partial charge is 0.336 e. The third kappa shape index (κ3) is 2.00. The summed E-state index contributed by atoms with van der Waals surface area (Å²) in [6, 6.07) is 0.229. The van der Waals surface area contributed by atoms with Gasteiger partial charge in [0.25, 0.3) is 0 Å². The van der Waals surface area contributed by atoms with Crippen molar-refractivity contribution in [3.63, 3.8) is 0 Å². The minimum absolute atomic E-state index is 0.00352. The van der Waals surface area contributed by atoms with Crippen LogP contribution in [0, 0.1) is 5.41 Å². The number of H-pyrrole nitrogens is 1. The Bertz CT molecular complexity index is 382. The first-order valence-electron chi connectivity index (χ1n) is 5.42. The molecule has 1 aromatic heterocycles. The van der Waals surface area contributed by atoms with E-state index in [0.29, 0.717) is 5.95 Å². The molecule has 1 saturated carbocycles. The van der Waals surface area contributed by atoms with Crippen LogP contribution in [-0.2, 0) is 4.79 Å². The summed E-state index contributed by atoms with van der Waals surface area (Å²) in [6.07, 6.45) is 4.10. The average molecular weight is 224 g/mol. The number of methoxy groups -OCH3 is 1. The zero-order valence-electron chi connectivity index (χ0n) is 9.54. The Labute approximate surface area is 93.8 Å². The van der Waals surface area contributed by atoms with Gasteiger partial charge in [-0.25, -0.2) is 5.10 Å². The molecule has 6 nitrogen and oxygen atoms in total. The molecule has 1 heterocycles. The van der Waals surface area contributed by atoms with Gasteiger partial charge in [0, 0.05) is 5.41 Å². The number of carbonyl (C=O) groups excluding carboxylic acids is 1. The summed E-state index contributed by atoms with van der Waals surface area (Å²) in [7, 11) is 1.48. The third-order valence-corrected chi connectivity index (χ3v) is 3.13. The molecule has 1 aliphatic rings. The molecule has 1 aliphatic carbocycles. The van der Waals surface area contributed by atoms with E-state index in [1.54, 1.807) is 0 Å². The van der Waals surface area contributed by atoms with E-state index >= 15 is 0 Å². The molecule has 0 spiro atoms. The van der Waals surface area contributed by atoms with Crippen molar-refractivity contribution in [1.82, 2.24) is 15.2 Å². The lowest BCUT2D eigenvalue weighted by atomic mass is 9.88. The predicted octanol–water partition coefficient (Wildman–Crippen LogP) is 1.33. The van der Waals surface area contributed by atoms with Crippen molar-refractivity contribution in [2.75, 3.05) is 12.4 Å². The van der Waals surface area contributed by atoms with Crippen LogP contribution in [0.1, 0.15) is 32.6 Å². The Morgan fingerprint density at radius 3 is 2.75 bits per heavy atom. The number of hydrogen-bond acceptors (Lipinski definition) is 4. The van der Waals surface area contributed by atoms with Crippen molar-refractivity contribution in [3.8, 4) is 6.01 Å². The molecule has 0 unspecified atom stereocenters. The van der Waals surface area contributed by atoms with E-state index in [9.17, 15) is 4.79 Å². The third-order valence-electron chi connectivity index (χ3n) is 3.13. The number of hydrogen-bond donors (Lipinski definition) is 2. The highest BCUT2D eigenvalue weighted by atomic mass is 16.5. The second-order valence-electron chi connectivity index (χ2n) is 4.39. The molecule has 2 rings (SSSR count). The highest BCUT2D eigenvalue weighted by Gasteiger charge is 2.36. The van der Waals surface area contributed by atoms with Gasteiger partial charge in [-0.15, -0.1) is 5.10 Å². The number of anilines is 1. The molecule has 0 saturated heterocycles. The maximum Gasteiger partial charge on any atom is 0.336 e. The lowest BCUT2D eigenvalue weighted by molar-refractivity contribution is -0.124. The Morgan fingerprint density at radius 1 is 1.50 bits per heavy atom. The Hall–Kier alpha value is -1.59. The lowest BCUT2D eigenvalue weighted by Crippen LogP contribution is -2.31. The lowest BCUT2D eigenvalue weighted by Gasteiger charge is -2.20. The normalized spacial score (nSPS) is 18.4. The summed E-state index contributed by atoms with van der Waals surface area (Å²) >= 11 is 0. The van der Waals surface area contributed by atoms with Crippen LogP contribution in [0.4, 0.5) is 5.95 Å². The predicted molar refractivity (Wildman–Crippen MR) is 58.1 cm³/mol. The van der Waals surface area contributed by atoms with Crippen molar-refractivity contribution in [3.05, 3.63) is 0 Å². The monoisotopic (exact) mass is 224 g/mol. The maximum atomic E-state index is 12.0. The molecular formula is C10H16N4O2. The van der Waals surface area contributed by atoms with Crippen molar-refractivity contribution >= 4 is 11.9 Å². The van der Waals surface area contributed by atoms with Crippen molar-refractivity contribution in [2.24, 2.45) is 5.41 Å². The van der Waals surface area contributed by atoms with Gasteiger partial charge in [0.05, 0.1) is 7.11 Å². The molecule has 0 atom stereocenters. The van der Waals surface area contributed by atoms with Gasteiger partial charge in [-0.05, 0) is 12.8 Å². The van der Waals surface area contributed by atoms with E-state index in [2.05, 4.69) is 20.5 Å². The molecule has 2 N–H and O–H groups in total. The second-order valence-corrected chi connectivity index (χ2v) is 4.39. The molecule has 16 heavy (non-hydrogen) atoms. The number of rotatable bonds is 3. The Balaban J connectivity index is 2.01. The molecule has 6 heteroatoms. The van der Waals surface area contributed by atoms with E-state index < -0.39 is 0 Å². The number of amides is 1. The van der Waals surface area contributed by atoms with Crippen LogP contribution in [0.3, 0.4) is 0 Å². The fraction of sp³-hybridized carbons (Fsp3) is 0.700. The van der Waals surface area contributed by atoms with Gasteiger partial charge in [-0.2, -0.15) is 4.98 Å². The van der Waals surface area contributed by atoms with Gasteiger partial charge in [0.1, 0.15) is 0 Å². The summed E-state index contributed by atoms with van der Waals surface area (Å²) in [5.74, 6) is 0.346. The summed E-state index contributed by atoms with van der Waals surface area (Å²) in [5.41, 5.74) is -0.264. The Morgan fingerprint density at radius 2 is 2.19 bits per heavy atom. The van der Waals surface area contributed by atoms with E-state index in [1.165, 1.54) is 7.11 Å². The van der Waals surface area contributed by atoms with Gasteiger partial charge in [-0.1, -0.05) is 19.8 Å². The van der Waals surface area contributed by atoms with Gasteiger partial charge < -0.3 is 4.74 Å². The van der Waals surface area contributed by atoms with Gasteiger partial charge in [-0.3, -0.25) is 10.1 Å². The minimum Gasteiger partial charge on any atom is -0.466 e. The van der Waals surface area contributed by atoms with Crippen LogP contribution in [0.5, 0.6) is 6.01 Å². The zero-order valence-corrected chi connectivity index (χ0v) is 9.54. The van der Waals surface area contributed by atoms with Crippen LogP contribution < -0.4 is 10.1 Å². The van der Waals surface area contributed by atoms with E-state index in [0.717, 1.165) is 25.7 Å². The summed E-state index contributed by atoms with van der Waals surface area (Å²) in [4.78, 5) is 15.9. The first-order valence-corrected chi connectivity index (χ1v) is 5.42. The van der Waals surface area contributed by atoms with E-state index in [4.69, 9.17) is 4.74 Å². The molecule has 1 amide bonds. The molecular weight excluding hydrogens is 208 g/mol. The number of nitrogens with zero attached hydrogens (tertiary/aromatic N) is 2. The number of aromatic amines is 1. The number of carbonyl (C=O) groups is 1. The van der Waals surface area contributed by atoms with E-state index in [-0.39, 0.29) is 17.3 Å². The first kappa shape index (κ1) is 10.9. The highest BCUT2D eigenvalue weighted by molar-refractivity contribution is 5.93. The molecule has 0 aliphatic heterocycles. The summed E-state index contributed by atoms with van der Waals surface area (Å²) in [5, 5.41) is 9.11. The van der Waals surface area contributed by atoms with Crippen LogP contribution in [-0.4, -0.2) is 28.2 Å². The number of ether oxygens (including phenoxy) is 1. The van der Waals surface area contributed by atoms with Crippen LogP contribution in [0.25, 0.3) is 0 Å². The van der Waals surface area contributed by atoms with E-state index in [1.807, 2.05) is 6.92 Å². The Kier molecular flexibility index (Phi) is 2.80. The first-order chi connectivity index (χ1) is 7.64. The number of nitrogens with one attached hydrogen (secondary N) is 2. The molecule has 0 aromatic carbocycles. The van der Waals surface area contributed by atoms with Gasteiger partial charge in [0.2, 0.25) is 11.9 Å². The standard InChI is InChI=1S/C10H16N4O2/c1-10(5-3-4-6-10)7(15)11-8-12-9(16-2)14-13-8/h3-6H2,1-2H3,(H2,11,12,13,14,15). The molecule has 1 aromatic rings. The largest absolute Gasteiger partial charge is 0.466 e. The minimum atomic E-state index is -0.264. The molecule has 0 radical (unpaired) electrons. The van der Waals surface area contributed by atoms with Crippen LogP contribution >= 0.6 is 0 Å². The molecule has 1 fully saturated rings. The quantitative estimate of drug-likeness (QED) is 0.811. The maximum absolute atomic E-state index is 12.0. The molecule has 88 valence electrons. The van der Waals surface area contributed by atoms with Gasteiger partial charge >= 0.3 is 6.01 Å². The molecule has 0 bridgehead atoms. The highest BCUT2D eigenvalue weighted by Crippen LogP contribution is 2.38. The topological polar surface area (TPSA) is 79.9 Å². The van der Waals surface area contributed by atoms with Crippen LogP contribution in [0.15, 0.2) is 0 Å². The fourth-order valence-electron chi connectivity index (χ4n) is 2.03.